The molecule has 1 heterocycles. The first-order valence-corrected chi connectivity index (χ1v) is 8.47. The number of benzene rings is 1. The van der Waals surface area contributed by atoms with Crippen molar-refractivity contribution in [3.63, 3.8) is 0 Å². The molecule has 0 radical (unpaired) electrons. The van der Waals surface area contributed by atoms with Crippen LogP contribution in [0.1, 0.15) is 6.92 Å². The fourth-order valence-corrected chi connectivity index (χ4v) is 3.77. The molecule has 1 aliphatic carbocycles. The minimum Gasteiger partial charge on any atom is -0.465 e. The number of fused-ring (bicyclic) bond motifs is 1. The van der Waals surface area contributed by atoms with E-state index in [-0.39, 0.29) is 11.3 Å². The third-order valence-electron chi connectivity index (χ3n) is 4.03. The second-order valence-electron chi connectivity index (χ2n) is 5.51. The van der Waals surface area contributed by atoms with Crippen LogP contribution in [0.4, 0.5) is 0 Å². The Hall–Kier alpha value is -3.27. The second kappa shape index (κ2) is 6.56. The van der Waals surface area contributed by atoms with Crippen LogP contribution < -0.4 is 0 Å². The molecule has 134 valence electrons. The number of hydrogen-bond acceptors (Lipinski definition) is 7. The van der Waals surface area contributed by atoms with Gasteiger partial charge in [-0.05, 0) is 30.7 Å². The Kier molecular flexibility index (Phi) is 4.43. The van der Waals surface area contributed by atoms with E-state index in [1.807, 2.05) is 0 Å². The number of nitrogens with zero attached hydrogens (tertiary/aromatic N) is 3. The van der Waals surface area contributed by atoms with Gasteiger partial charge in [0.2, 0.25) is 10.3 Å². The maximum absolute atomic E-state index is 11.9. The van der Waals surface area contributed by atoms with Gasteiger partial charge in [-0.25, -0.2) is 9.78 Å². The number of rotatable bonds is 3. The molecule has 0 aliphatic heterocycles. The van der Waals surface area contributed by atoms with Crippen LogP contribution in [-0.4, -0.2) is 46.9 Å². The SMILES string of the molecule is COC(=O)C1=CC(C)=C(n2cnc3ccccc32)C(=S(=O)=O)C1[N+](=O)[O-]. The standard InChI is InChI=1S/C16H13N3O6S/c1-9-7-10(16(20)25-2)14(19(21)22)15(26(23)24)13(9)18-8-17-11-5-3-4-6-12(11)18/h3-8,14H,1-2H3. The first-order valence-electron chi connectivity index (χ1n) is 7.40. The summed E-state index contributed by atoms with van der Waals surface area (Å²) in [6.07, 6.45) is 2.67. The Bertz CT molecular complexity index is 1130. The van der Waals surface area contributed by atoms with E-state index in [2.05, 4.69) is 9.72 Å². The molecule has 0 fully saturated rings. The monoisotopic (exact) mass is 375 g/mol. The van der Waals surface area contributed by atoms with Crippen molar-refractivity contribution < 1.29 is 22.9 Å². The van der Waals surface area contributed by atoms with Crippen molar-refractivity contribution in [2.75, 3.05) is 7.11 Å². The summed E-state index contributed by atoms with van der Waals surface area (Å²) in [4.78, 5) is 26.4. The number of imidazole rings is 1. The van der Waals surface area contributed by atoms with Gasteiger partial charge < -0.3 is 4.74 Å². The smallest absolute Gasteiger partial charge is 0.341 e. The Morgan fingerprint density at radius 2 is 2.04 bits per heavy atom. The second-order valence-corrected chi connectivity index (χ2v) is 6.42. The summed E-state index contributed by atoms with van der Waals surface area (Å²) in [5, 5.41) is 11.6. The Balaban J connectivity index is 2.39. The van der Waals surface area contributed by atoms with Gasteiger partial charge in [-0.3, -0.25) is 14.7 Å². The summed E-state index contributed by atoms with van der Waals surface area (Å²) in [5.74, 6) is -0.955. The van der Waals surface area contributed by atoms with Crippen LogP contribution in [0.25, 0.3) is 16.7 Å². The van der Waals surface area contributed by atoms with Crippen molar-refractivity contribution in [2.24, 2.45) is 0 Å². The largest absolute Gasteiger partial charge is 0.465 e. The van der Waals surface area contributed by atoms with Crippen LogP contribution in [0.3, 0.4) is 0 Å². The van der Waals surface area contributed by atoms with Crippen LogP contribution in [0.15, 0.2) is 47.8 Å². The van der Waals surface area contributed by atoms with Crippen LogP contribution in [0, 0.1) is 10.1 Å². The average Bonchev–Trinajstić information content (AvgIpc) is 3.03. The molecule has 1 atom stereocenters. The molecule has 1 aliphatic rings. The van der Waals surface area contributed by atoms with E-state index in [9.17, 15) is 23.3 Å². The lowest BCUT2D eigenvalue weighted by Gasteiger charge is -2.21. The lowest BCUT2D eigenvalue weighted by atomic mass is 9.92. The van der Waals surface area contributed by atoms with Gasteiger partial charge in [0, 0.05) is 4.92 Å². The number of aromatic nitrogens is 2. The molecule has 0 saturated carbocycles. The first kappa shape index (κ1) is 17.5. The number of ether oxygens (including phenoxy) is 1. The number of para-hydroxylation sites is 2. The zero-order valence-corrected chi connectivity index (χ0v) is 14.6. The van der Waals surface area contributed by atoms with E-state index < -0.39 is 32.1 Å². The number of hydrogen-bond donors (Lipinski definition) is 0. The highest BCUT2D eigenvalue weighted by atomic mass is 32.2. The van der Waals surface area contributed by atoms with Gasteiger partial charge in [-0.2, -0.15) is 8.42 Å². The lowest BCUT2D eigenvalue weighted by molar-refractivity contribution is -0.491. The van der Waals surface area contributed by atoms with Gasteiger partial charge in [0.1, 0.15) is 11.9 Å². The summed E-state index contributed by atoms with van der Waals surface area (Å²) in [5.41, 5.74) is 1.31. The summed E-state index contributed by atoms with van der Waals surface area (Å²) in [6.45, 7) is 1.57. The van der Waals surface area contributed by atoms with Crippen LogP contribution in [0.2, 0.25) is 0 Å². The van der Waals surface area contributed by atoms with Crippen molar-refractivity contribution in [1.29, 1.82) is 0 Å². The van der Waals surface area contributed by atoms with E-state index in [4.69, 9.17) is 0 Å². The fraction of sp³-hybridized carbons (Fsp3) is 0.188. The highest BCUT2D eigenvalue weighted by Crippen LogP contribution is 2.30. The zero-order chi connectivity index (χ0) is 19.0. The Labute approximate surface area is 148 Å². The van der Waals surface area contributed by atoms with Crippen molar-refractivity contribution in [2.45, 2.75) is 13.0 Å². The first-order chi connectivity index (χ1) is 12.4. The molecule has 0 saturated heterocycles. The van der Waals surface area contributed by atoms with Crippen molar-refractivity contribution in [3.8, 4) is 0 Å². The van der Waals surface area contributed by atoms with Gasteiger partial charge in [0.05, 0.1) is 23.8 Å². The molecule has 10 heteroatoms. The highest BCUT2D eigenvalue weighted by Gasteiger charge is 2.43. The van der Waals surface area contributed by atoms with Crippen LogP contribution >= 0.6 is 0 Å². The van der Waals surface area contributed by atoms with Crippen molar-refractivity contribution >= 4 is 37.9 Å². The predicted molar refractivity (Wildman–Crippen MR) is 93.4 cm³/mol. The van der Waals surface area contributed by atoms with Gasteiger partial charge >= 0.3 is 5.97 Å². The molecular weight excluding hydrogens is 362 g/mol. The maximum Gasteiger partial charge on any atom is 0.341 e. The normalized spacial score (nSPS) is 17.2. The average molecular weight is 375 g/mol. The van der Waals surface area contributed by atoms with Crippen LogP contribution in [-0.2, 0) is 19.8 Å². The summed E-state index contributed by atoms with van der Waals surface area (Å²) in [7, 11) is -1.87. The zero-order valence-electron chi connectivity index (χ0n) is 13.7. The van der Waals surface area contributed by atoms with E-state index >= 15 is 0 Å². The molecule has 1 unspecified atom stereocenters. The van der Waals surface area contributed by atoms with E-state index in [1.54, 1.807) is 31.2 Å². The van der Waals surface area contributed by atoms with Crippen molar-refractivity contribution in [1.82, 2.24) is 9.55 Å². The molecule has 0 N–H and O–H groups in total. The Morgan fingerprint density at radius 1 is 1.35 bits per heavy atom. The van der Waals surface area contributed by atoms with Gasteiger partial charge in [0.15, 0.2) is 4.86 Å². The van der Waals surface area contributed by atoms with Crippen LogP contribution in [0.5, 0.6) is 0 Å². The maximum atomic E-state index is 11.9. The minimum atomic E-state index is -2.95. The molecule has 1 aromatic heterocycles. The molecule has 1 aromatic carbocycles. The minimum absolute atomic E-state index is 0.0985. The molecule has 26 heavy (non-hydrogen) atoms. The number of methoxy groups -OCH3 is 1. The number of carbonyl (C=O) groups excluding carboxylic acids is 1. The topological polar surface area (TPSA) is 121 Å². The van der Waals surface area contributed by atoms with Crippen molar-refractivity contribution in [3.05, 3.63) is 57.9 Å². The van der Waals surface area contributed by atoms with E-state index in [1.165, 1.54) is 17.0 Å². The van der Waals surface area contributed by atoms with E-state index in [0.717, 1.165) is 7.11 Å². The van der Waals surface area contributed by atoms with E-state index in [0.29, 0.717) is 16.6 Å². The quantitative estimate of drug-likeness (QED) is 0.340. The summed E-state index contributed by atoms with van der Waals surface area (Å²) < 4.78 is 29.9. The third-order valence-corrected chi connectivity index (χ3v) is 4.80. The van der Waals surface area contributed by atoms with Gasteiger partial charge in [-0.1, -0.05) is 12.1 Å². The highest BCUT2D eigenvalue weighted by molar-refractivity contribution is 7.74. The fourth-order valence-electron chi connectivity index (χ4n) is 2.96. The molecular formula is C16H13N3O6S. The Morgan fingerprint density at radius 3 is 2.65 bits per heavy atom. The molecule has 3 rings (SSSR count). The number of carbonyl (C=O) groups is 1. The summed E-state index contributed by atoms with van der Waals surface area (Å²) in [6, 6.07) is 5.11. The molecule has 0 bridgehead atoms. The predicted octanol–water partition coefficient (Wildman–Crippen LogP) is 1.08. The van der Waals surface area contributed by atoms with Gasteiger partial charge in [0.25, 0.3) is 6.04 Å². The number of allylic oxidation sites excluding steroid dienone is 2. The molecule has 0 spiro atoms. The van der Waals surface area contributed by atoms with Gasteiger partial charge in [-0.15, -0.1) is 0 Å². The molecule has 9 nitrogen and oxygen atoms in total. The summed E-state index contributed by atoms with van der Waals surface area (Å²) >= 11 is 0. The number of esters is 1. The number of nitro groups is 1. The molecule has 0 amide bonds. The lowest BCUT2D eigenvalue weighted by Crippen LogP contribution is -2.39. The molecule has 2 aromatic rings. The third kappa shape index (κ3) is 2.69.